The molecular weight excluding hydrogens is 223 g/mol. The third-order valence-electron chi connectivity index (χ3n) is 2.43. The number of anilines is 1. The second kappa shape index (κ2) is 4.40. The number of rotatable bonds is 3. The normalized spacial score (nSPS) is 10.7. The molecule has 0 atom stereocenters. The number of carbonyl (C=O) groups is 1. The summed E-state index contributed by atoms with van der Waals surface area (Å²) in [6.07, 6.45) is 0. The minimum absolute atomic E-state index is 0.0413. The highest BCUT2D eigenvalue weighted by Crippen LogP contribution is 2.20. The molecule has 0 radical (unpaired) electrons. The number of imidazole rings is 1. The summed E-state index contributed by atoms with van der Waals surface area (Å²) < 4.78 is 14.9. The molecule has 5 nitrogen and oxygen atoms in total. The Hall–Kier alpha value is -2.11. The van der Waals surface area contributed by atoms with Crippen LogP contribution in [0.1, 0.15) is 6.92 Å². The Bertz CT molecular complexity index is 564. The molecule has 0 aliphatic heterocycles. The van der Waals surface area contributed by atoms with Gasteiger partial charge in [-0.3, -0.25) is 4.79 Å². The van der Waals surface area contributed by atoms with Crippen molar-refractivity contribution >= 4 is 22.9 Å². The highest BCUT2D eigenvalue weighted by atomic mass is 19.1. The number of amides is 1. The summed E-state index contributed by atoms with van der Waals surface area (Å²) in [5.74, 6) is -0.483. The van der Waals surface area contributed by atoms with Crippen molar-refractivity contribution in [3.63, 3.8) is 0 Å². The van der Waals surface area contributed by atoms with Crippen LogP contribution < -0.4 is 11.1 Å². The molecule has 0 aliphatic carbocycles. The van der Waals surface area contributed by atoms with Crippen molar-refractivity contribution in [2.75, 3.05) is 12.3 Å². The quantitative estimate of drug-likeness (QED) is 0.831. The number of hydrogen-bond acceptors (Lipinski definition) is 3. The fourth-order valence-electron chi connectivity index (χ4n) is 1.69. The minimum atomic E-state index is -0.441. The summed E-state index contributed by atoms with van der Waals surface area (Å²) in [7, 11) is 0. The maximum absolute atomic E-state index is 13.4. The number of aromatic nitrogens is 2. The van der Waals surface area contributed by atoms with Crippen LogP contribution in [0.5, 0.6) is 0 Å². The van der Waals surface area contributed by atoms with E-state index in [1.807, 2.05) is 6.92 Å². The van der Waals surface area contributed by atoms with Crippen molar-refractivity contribution in [1.82, 2.24) is 14.9 Å². The van der Waals surface area contributed by atoms with Crippen molar-refractivity contribution in [3.05, 3.63) is 24.0 Å². The van der Waals surface area contributed by atoms with Gasteiger partial charge in [0.25, 0.3) is 0 Å². The molecule has 2 rings (SSSR count). The zero-order valence-corrected chi connectivity index (χ0v) is 9.40. The molecule has 2 aromatic rings. The number of para-hydroxylation sites is 1. The predicted molar refractivity (Wildman–Crippen MR) is 62.8 cm³/mol. The van der Waals surface area contributed by atoms with E-state index < -0.39 is 5.82 Å². The molecule has 0 unspecified atom stereocenters. The molecule has 1 aromatic heterocycles. The lowest BCUT2D eigenvalue weighted by Gasteiger charge is -2.06. The predicted octanol–water partition coefficient (Wildman–Crippen LogP) is 0.894. The van der Waals surface area contributed by atoms with Crippen LogP contribution in [0.3, 0.4) is 0 Å². The summed E-state index contributed by atoms with van der Waals surface area (Å²) in [6, 6.07) is 4.55. The van der Waals surface area contributed by atoms with Crippen LogP contribution in [0.25, 0.3) is 11.0 Å². The highest BCUT2D eigenvalue weighted by Gasteiger charge is 2.13. The molecule has 0 spiro atoms. The number of benzene rings is 1. The average molecular weight is 236 g/mol. The van der Waals surface area contributed by atoms with Gasteiger partial charge in [-0.05, 0) is 19.1 Å². The smallest absolute Gasteiger partial charge is 0.240 e. The van der Waals surface area contributed by atoms with Crippen molar-refractivity contribution in [2.45, 2.75) is 13.5 Å². The van der Waals surface area contributed by atoms with Crippen molar-refractivity contribution in [1.29, 1.82) is 0 Å². The van der Waals surface area contributed by atoms with E-state index in [9.17, 15) is 9.18 Å². The van der Waals surface area contributed by atoms with Gasteiger partial charge < -0.3 is 15.6 Å². The summed E-state index contributed by atoms with van der Waals surface area (Å²) in [5, 5.41) is 2.65. The van der Waals surface area contributed by atoms with Crippen molar-refractivity contribution in [3.8, 4) is 0 Å². The Morgan fingerprint density at radius 2 is 2.35 bits per heavy atom. The zero-order valence-electron chi connectivity index (χ0n) is 9.40. The fourth-order valence-corrected chi connectivity index (χ4v) is 1.69. The number of carbonyl (C=O) groups excluding carboxylic acids is 1. The minimum Gasteiger partial charge on any atom is -0.369 e. The third kappa shape index (κ3) is 2.06. The Balaban J connectivity index is 2.43. The molecule has 3 N–H and O–H groups in total. The molecule has 0 aliphatic rings. The molecule has 0 saturated heterocycles. The van der Waals surface area contributed by atoms with E-state index in [-0.39, 0.29) is 23.9 Å². The molecule has 6 heteroatoms. The van der Waals surface area contributed by atoms with Crippen LogP contribution in [0.15, 0.2) is 18.2 Å². The Morgan fingerprint density at radius 3 is 3.06 bits per heavy atom. The Labute approximate surface area is 97.4 Å². The topological polar surface area (TPSA) is 72.9 Å². The Kier molecular flexibility index (Phi) is 2.95. The number of nitrogens with one attached hydrogen (secondary N) is 1. The largest absolute Gasteiger partial charge is 0.369 e. The van der Waals surface area contributed by atoms with Crippen LogP contribution in [-0.4, -0.2) is 22.0 Å². The monoisotopic (exact) mass is 236 g/mol. The first kappa shape index (κ1) is 11.4. The van der Waals surface area contributed by atoms with E-state index in [2.05, 4.69) is 10.3 Å². The van der Waals surface area contributed by atoms with E-state index >= 15 is 0 Å². The number of nitrogens with two attached hydrogens (primary N) is 1. The SMILES string of the molecule is CCNC(=O)Cn1c(N)nc2c(F)cccc21. The van der Waals surface area contributed by atoms with E-state index in [1.54, 1.807) is 12.1 Å². The van der Waals surface area contributed by atoms with E-state index in [4.69, 9.17) is 5.73 Å². The molecule has 0 fully saturated rings. The molecule has 1 aromatic carbocycles. The number of nitrogens with zero attached hydrogens (tertiary/aromatic N) is 2. The van der Waals surface area contributed by atoms with Crippen LogP contribution >= 0.6 is 0 Å². The zero-order chi connectivity index (χ0) is 12.4. The second-order valence-corrected chi connectivity index (χ2v) is 3.62. The first-order valence-electron chi connectivity index (χ1n) is 5.30. The van der Waals surface area contributed by atoms with Gasteiger partial charge in [-0.25, -0.2) is 9.37 Å². The maximum atomic E-state index is 13.4. The number of likely N-dealkylation sites (N-methyl/N-ethyl adjacent to an activating group) is 1. The van der Waals surface area contributed by atoms with E-state index in [0.29, 0.717) is 12.1 Å². The van der Waals surface area contributed by atoms with Gasteiger partial charge in [0.2, 0.25) is 11.9 Å². The van der Waals surface area contributed by atoms with Crippen LogP contribution in [0.2, 0.25) is 0 Å². The third-order valence-corrected chi connectivity index (χ3v) is 2.43. The van der Waals surface area contributed by atoms with Crippen LogP contribution in [0, 0.1) is 5.82 Å². The summed E-state index contributed by atoms with van der Waals surface area (Å²) in [4.78, 5) is 15.4. The molecule has 1 amide bonds. The van der Waals surface area contributed by atoms with Gasteiger partial charge in [0, 0.05) is 6.54 Å². The molecule has 1 heterocycles. The van der Waals surface area contributed by atoms with Crippen molar-refractivity contribution in [2.24, 2.45) is 0 Å². The standard InChI is InChI=1S/C11H13FN4O/c1-2-14-9(17)6-16-8-5-3-4-7(12)10(8)15-11(16)13/h3-5H,2,6H2,1H3,(H2,13,15)(H,14,17). The van der Waals surface area contributed by atoms with Gasteiger partial charge in [0.05, 0.1) is 5.52 Å². The summed E-state index contributed by atoms with van der Waals surface area (Å²) in [6.45, 7) is 2.41. The van der Waals surface area contributed by atoms with Gasteiger partial charge in [-0.2, -0.15) is 0 Å². The number of halogens is 1. The average Bonchev–Trinajstić information content (AvgIpc) is 2.58. The summed E-state index contributed by atoms with van der Waals surface area (Å²) in [5.41, 5.74) is 6.38. The lowest BCUT2D eigenvalue weighted by Crippen LogP contribution is -2.27. The van der Waals surface area contributed by atoms with Gasteiger partial charge in [-0.15, -0.1) is 0 Å². The first-order chi connectivity index (χ1) is 8.13. The van der Waals surface area contributed by atoms with Crippen LogP contribution in [0.4, 0.5) is 10.3 Å². The Morgan fingerprint density at radius 1 is 1.59 bits per heavy atom. The molecule has 90 valence electrons. The van der Waals surface area contributed by atoms with Gasteiger partial charge >= 0.3 is 0 Å². The second-order valence-electron chi connectivity index (χ2n) is 3.62. The lowest BCUT2D eigenvalue weighted by molar-refractivity contribution is -0.121. The maximum Gasteiger partial charge on any atom is 0.240 e. The molecular formula is C11H13FN4O. The number of fused-ring (bicyclic) bond motifs is 1. The van der Waals surface area contributed by atoms with Gasteiger partial charge in [-0.1, -0.05) is 6.07 Å². The summed E-state index contributed by atoms with van der Waals surface area (Å²) >= 11 is 0. The molecule has 17 heavy (non-hydrogen) atoms. The van der Waals surface area contributed by atoms with Gasteiger partial charge in [0.1, 0.15) is 12.1 Å². The van der Waals surface area contributed by atoms with E-state index in [1.165, 1.54) is 10.6 Å². The lowest BCUT2D eigenvalue weighted by atomic mass is 10.3. The molecule has 0 saturated carbocycles. The van der Waals surface area contributed by atoms with E-state index in [0.717, 1.165) is 0 Å². The van der Waals surface area contributed by atoms with Gasteiger partial charge in [0.15, 0.2) is 5.82 Å². The number of nitrogen functional groups attached to an aromatic ring is 1. The first-order valence-corrected chi connectivity index (χ1v) is 5.30. The van der Waals surface area contributed by atoms with Crippen molar-refractivity contribution < 1.29 is 9.18 Å². The fraction of sp³-hybridized carbons (Fsp3) is 0.273. The van der Waals surface area contributed by atoms with Crippen LogP contribution in [-0.2, 0) is 11.3 Å². The highest BCUT2D eigenvalue weighted by molar-refractivity contribution is 5.83. The molecule has 0 bridgehead atoms. The number of hydrogen-bond donors (Lipinski definition) is 2.